The normalized spacial score (nSPS) is 23.3. The molecule has 0 spiro atoms. The second-order valence-corrected chi connectivity index (χ2v) is 4.75. The van der Waals surface area contributed by atoms with Gasteiger partial charge in [0.05, 0.1) is 12.7 Å². The van der Waals surface area contributed by atoms with Gasteiger partial charge in [-0.1, -0.05) is 0 Å². The van der Waals surface area contributed by atoms with E-state index in [1.165, 1.54) is 0 Å². The molecule has 5 heteroatoms. The number of hydrogen-bond acceptors (Lipinski definition) is 5. The van der Waals surface area contributed by atoms with E-state index in [1.807, 2.05) is 6.07 Å². The first-order valence-corrected chi connectivity index (χ1v) is 6.18. The first kappa shape index (κ1) is 11.6. The fraction of sp³-hybridized carbons (Fsp3) is 0.538. The van der Waals surface area contributed by atoms with E-state index in [4.69, 9.17) is 14.2 Å². The molecule has 1 aromatic rings. The van der Waals surface area contributed by atoms with Crippen LogP contribution in [0.3, 0.4) is 0 Å². The number of hydrogen-bond donors (Lipinski definition) is 1. The number of ether oxygens (including phenoxy) is 3. The molecule has 5 nitrogen and oxygen atoms in total. The predicted molar refractivity (Wildman–Crippen MR) is 64.9 cm³/mol. The summed E-state index contributed by atoms with van der Waals surface area (Å²) in [6, 6.07) is 3.49. The summed E-state index contributed by atoms with van der Waals surface area (Å²) in [5.74, 6) is 1.59. The lowest BCUT2D eigenvalue weighted by Crippen LogP contribution is -2.40. The maximum absolute atomic E-state index is 9.98. The van der Waals surface area contributed by atoms with Crippen LogP contribution in [0.4, 0.5) is 0 Å². The number of benzene rings is 1. The SMILES string of the molecule is C[C@@H]1CN(Cc2cc3c(cc2O)OCO3)CCO1. The van der Waals surface area contributed by atoms with E-state index >= 15 is 0 Å². The molecule has 98 valence electrons. The van der Waals surface area contributed by atoms with Crippen molar-refractivity contribution in [2.45, 2.75) is 19.6 Å². The third kappa shape index (κ3) is 2.23. The Morgan fingerprint density at radius 3 is 2.89 bits per heavy atom. The zero-order valence-corrected chi connectivity index (χ0v) is 10.4. The first-order chi connectivity index (χ1) is 8.72. The number of fused-ring (bicyclic) bond motifs is 1. The van der Waals surface area contributed by atoms with E-state index in [0.717, 1.165) is 25.3 Å². The molecule has 1 N–H and O–H groups in total. The van der Waals surface area contributed by atoms with Gasteiger partial charge in [0, 0.05) is 31.3 Å². The van der Waals surface area contributed by atoms with Crippen molar-refractivity contribution < 1.29 is 19.3 Å². The minimum Gasteiger partial charge on any atom is -0.507 e. The molecule has 0 aromatic heterocycles. The monoisotopic (exact) mass is 251 g/mol. The molecule has 2 aliphatic rings. The van der Waals surface area contributed by atoms with Crippen LogP contribution in [0.5, 0.6) is 17.2 Å². The molecule has 2 heterocycles. The quantitative estimate of drug-likeness (QED) is 0.859. The van der Waals surface area contributed by atoms with Crippen molar-refractivity contribution in [1.29, 1.82) is 0 Å². The molecule has 0 radical (unpaired) electrons. The van der Waals surface area contributed by atoms with Crippen molar-refractivity contribution >= 4 is 0 Å². The minimum atomic E-state index is 0.229. The number of nitrogens with zero attached hydrogens (tertiary/aromatic N) is 1. The standard InChI is InChI=1S/C13H17NO4/c1-9-6-14(2-3-16-9)7-10-4-12-13(5-11(10)15)18-8-17-12/h4-5,9,15H,2-3,6-8H2,1H3/t9-/m1/s1. The van der Waals surface area contributed by atoms with E-state index in [1.54, 1.807) is 6.07 Å². The van der Waals surface area contributed by atoms with Gasteiger partial charge in [0.1, 0.15) is 5.75 Å². The second-order valence-electron chi connectivity index (χ2n) is 4.75. The van der Waals surface area contributed by atoms with Crippen LogP contribution in [0.1, 0.15) is 12.5 Å². The summed E-state index contributed by atoms with van der Waals surface area (Å²) >= 11 is 0. The number of rotatable bonds is 2. The summed E-state index contributed by atoms with van der Waals surface area (Å²) in [7, 11) is 0. The van der Waals surface area contributed by atoms with Gasteiger partial charge in [0.2, 0.25) is 6.79 Å². The summed E-state index contributed by atoms with van der Waals surface area (Å²) in [5.41, 5.74) is 0.869. The third-order valence-corrected chi connectivity index (χ3v) is 3.29. The van der Waals surface area contributed by atoms with Crippen LogP contribution in [-0.4, -0.2) is 42.6 Å². The van der Waals surface area contributed by atoms with E-state index in [9.17, 15) is 5.11 Å². The molecule has 0 aliphatic carbocycles. The molecular formula is C13H17NO4. The third-order valence-electron chi connectivity index (χ3n) is 3.29. The first-order valence-electron chi connectivity index (χ1n) is 6.18. The summed E-state index contributed by atoms with van der Waals surface area (Å²) in [6.07, 6.45) is 0.245. The fourth-order valence-electron chi connectivity index (χ4n) is 2.38. The van der Waals surface area contributed by atoms with Crippen LogP contribution in [0.25, 0.3) is 0 Å². The lowest BCUT2D eigenvalue weighted by atomic mass is 10.1. The van der Waals surface area contributed by atoms with Crippen molar-refractivity contribution in [3.05, 3.63) is 17.7 Å². The Morgan fingerprint density at radius 1 is 1.33 bits per heavy atom. The summed E-state index contributed by atoms with van der Waals surface area (Å²) < 4.78 is 16.1. The highest BCUT2D eigenvalue weighted by atomic mass is 16.7. The summed E-state index contributed by atoms with van der Waals surface area (Å²) in [4.78, 5) is 2.27. The van der Waals surface area contributed by atoms with Crippen LogP contribution in [0, 0.1) is 0 Å². The zero-order valence-electron chi connectivity index (χ0n) is 10.4. The second kappa shape index (κ2) is 4.66. The molecule has 0 bridgehead atoms. The van der Waals surface area contributed by atoms with Gasteiger partial charge in [0.15, 0.2) is 11.5 Å². The summed E-state index contributed by atoms with van der Waals surface area (Å²) in [6.45, 7) is 5.51. The highest BCUT2D eigenvalue weighted by Crippen LogP contribution is 2.38. The average molecular weight is 251 g/mol. The van der Waals surface area contributed by atoms with Gasteiger partial charge in [-0.25, -0.2) is 0 Å². The molecule has 0 saturated carbocycles. The van der Waals surface area contributed by atoms with Gasteiger partial charge >= 0.3 is 0 Å². The predicted octanol–water partition coefficient (Wildman–Crippen LogP) is 1.34. The largest absolute Gasteiger partial charge is 0.507 e. The smallest absolute Gasteiger partial charge is 0.231 e. The Bertz CT molecular complexity index is 449. The van der Waals surface area contributed by atoms with Gasteiger partial charge in [-0.3, -0.25) is 4.90 Å². The molecule has 1 fully saturated rings. The molecule has 0 unspecified atom stereocenters. The molecular weight excluding hydrogens is 234 g/mol. The lowest BCUT2D eigenvalue weighted by molar-refractivity contribution is -0.0214. The highest BCUT2D eigenvalue weighted by molar-refractivity contribution is 5.51. The zero-order chi connectivity index (χ0) is 12.5. The molecule has 18 heavy (non-hydrogen) atoms. The van der Waals surface area contributed by atoms with Gasteiger partial charge in [-0.2, -0.15) is 0 Å². The van der Waals surface area contributed by atoms with E-state index in [0.29, 0.717) is 18.0 Å². The molecule has 0 amide bonds. The number of phenols is 1. The lowest BCUT2D eigenvalue weighted by Gasteiger charge is -2.31. The molecule has 1 aromatic carbocycles. The van der Waals surface area contributed by atoms with Crippen LogP contribution >= 0.6 is 0 Å². The van der Waals surface area contributed by atoms with Crippen molar-refractivity contribution in [3.8, 4) is 17.2 Å². The fourth-order valence-corrected chi connectivity index (χ4v) is 2.38. The molecule has 3 rings (SSSR count). The Hall–Kier alpha value is -1.46. The van der Waals surface area contributed by atoms with Crippen molar-refractivity contribution in [2.75, 3.05) is 26.5 Å². The van der Waals surface area contributed by atoms with E-state index in [2.05, 4.69) is 11.8 Å². The van der Waals surface area contributed by atoms with Crippen LogP contribution in [0.2, 0.25) is 0 Å². The molecule has 1 saturated heterocycles. The number of phenolic OH excluding ortho intramolecular Hbond substituents is 1. The van der Waals surface area contributed by atoms with Crippen molar-refractivity contribution in [3.63, 3.8) is 0 Å². The highest BCUT2D eigenvalue weighted by Gasteiger charge is 2.21. The minimum absolute atomic E-state index is 0.229. The maximum atomic E-state index is 9.98. The Balaban J connectivity index is 1.76. The van der Waals surface area contributed by atoms with Gasteiger partial charge in [0.25, 0.3) is 0 Å². The Morgan fingerprint density at radius 2 is 2.11 bits per heavy atom. The molecule has 1 atom stereocenters. The van der Waals surface area contributed by atoms with Crippen LogP contribution in [0.15, 0.2) is 12.1 Å². The van der Waals surface area contributed by atoms with Crippen molar-refractivity contribution in [1.82, 2.24) is 4.90 Å². The Kier molecular flexibility index (Phi) is 3.01. The van der Waals surface area contributed by atoms with Gasteiger partial charge in [-0.05, 0) is 13.0 Å². The summed E-state index contributed by atoms with van der Waals surface area (Å²) in [5, 5.41) is 9.98. The molecule has 2 aliphatic heterocycles. The van der Waals surface area contributed by atoms with Gasteiger partial charge < -0.3 is 19.3 Å². The number of aromatic hydroxyl groups is 1. The Labute approximate surface area is 106 Å². The van der Waals surface area contributed by atoms with E-state index < -0.39 is 0 Å². The van der Waals surface area contributed by atoms with Crippen LogP contribution < -0.4 is 9.47 Å². The van der Waals surface area contributed by atoms with E-state index in [-0.39, 0.29) is 18.6 Å². The number of morpholine rings is 1. The average Bonchev–Trinajstić information content (AvgIpc) is 2.76. The van der Waals surface area contributed by atoms with Gasteiger partial charge in [-0.15, -0.1) is 0 Å². The topological polar surface area (TPSA) is 51.2 Å². The van der Waals surface area contributed by atoms with Crippen LogP contribution in [-0.2, 0) is 11.3 Å². The maximum Gasteiger partial charge on any atom is 0.231 e. The van der Waals surface area contributed by atoms with Crippen molar-refractivity contribution in [2.24, 2.45) is 0 Å².